The first-order chi connectivity index (χ1) is 9.56. The van der Waals surface area contributed by atoms with E-state index in [1.165, 1.54) is 5.57 Å². The van der Waals surface area contributed by atoms with Crippen LogP contribution in [-0.4, -0.2) is 30.9 Å². The van der Waals surface area contributed by atoms with E-state index in [1.807, 2.05) is 32.0 Å². The van der Waals surface area contributed by atoms with Crippen molar-refractivity contribution in [2.75, 3.05) is 19.7 Å². The van der Waals surface area contributed by atoms with Gasteiger partial charge in [0.1, 0.15) is 12.4 Å². The van der Waals surface area contributed by atoms with Crippen molar-refractivity contribution in [3.05, 3.63) is 34.4 Å². The van der Waals surface area contributed by atoms with Crippen LogP contribution in [0.3, 0.4) is 0 Å². The molecule has 0 radical (unpaired) electrons. The minimum absolute atomic E-state index is 0.237. The molecule has 1 aromatic rings. The molecule has 1 aromatic carbocycles. The number of halogens is 1. The fourth-order valence-corrected chi connectivity index (χ4v) is 2.31. The van der Waals surface area contributed by atoms with E-state index in [-0.39, 0.29) is 6.10 Å². The van der Waals surface area contributed by atoms with Crippen LogP contribution in [0.25, 0.3) is 6.08 Å². The van der Waals surface area contributed by atoms with Gasteiger partial charge in [-0.25, -0.2) is 0 Å². The molecule has 0 amide bonds. The lowest BCUT2D eigenvalue weighted by molar-refractivity contribution is 0.116. The summed E-state index contributed by atoms with van der Waals surface area (Å²) in [6, 6.07) is 5.65. The van der Waals surface area contributed by atoms with Gasteiger partial charge in [0.2, 0.25) is 0 Å². The Morgan fingerprint density at radius 1 is 1.40 bits per heavy atom. The predicted octanol–water partition coefficient (Wildman–Crippen LogP) is 3.11. The van der Waals surface area contributed by atoms with E-state index in [0.29, 0.717) is 12.5 Å². The SMILES string of the molecule is CC(C)C(O)CCNCC1=Cc2cc(Cl)ccc2OC1. The maximum Gasteiger partial charge on any atom is 0.127 e. The van der Waals surface area contributed by atoms with Crippen LogP contribution in [0.15, 0.2) is 23.8 Å². The van der Waals surface area contributed by atoms with Crippen molar-refractivity contribution in [1.82, 2.24) is 5.32 Å². The Bertz CT molecular complexity index is 485. The number of fused-ring (bicyclic) bond motifs is 1. The lowest BCUT2D eigenvalue weighted by atomic mass is 10.0. The molecule has 0 aliphatic carbocycles. The third-order valence-electron chi connectivity index (χ3n) is 3.48. The Morgan fingerprint density at radius 2 is 2.20 bits per heavy atom. The molecule has 1 heterocycles. The number of nitrogens with one attached hydrogen (secondary N) is 1. The third kappa shape index (κ3) is 4.23. The van der Waals surface area contributed by atoms with E-state index in [1.54, 1.807) is 0 Å². The molecule has 1 atom stereocenters. The van der Waals surface area contributed by atoms with E-state index < -0.39 is 0 Å². The number of benzene rings is 1. The molecule has 0 bridgehead atoms. The van der Waals surface area contributed by atoms with Crippen molar-refractivity contribution in [3.63, 3.8) is 0 Å². The van der Waals surface area contributed by atoms with Crippen LogP contribution >= 0.6 is 11.6 Å². The van der Waals surface area contributed by atoms with Gasteiger partial charge in [-0.15, -0.1) is 0 Å². The summed E-state index contributed by atoms with van der Waals surface area (Å²) in [6.45, 7) is 6.25. The van der Waals surface area contributed by atoms with E-state index in [9.17, 15) is 5.11 Å². The van der Waals surface area contributed by atoms with Crippen LogP contribution in [0.2, 0.25) is 5.02 Å². The normalized spacial score (nSPS) is 15.6. The molecule has 1 aliphatic heterocycles. The Balaban J connectivity index is 1.83. The Labute approximate surface area is 125 Å². The van der Waals surface area contributed by atoms with Gasteiger partial charge in [0.15, 0.2) is 0 Å². The van der Waals surface area contributed by atoms with Crippen molar-refractivity contribution in [2.24, 2.45) is 5.92 Å². The van der Waals surface area contributed by atoms with Crippen molar-refractivity contribution in [2.45, 2.75) is 26.4 Å². The van der Waals surface area contributed by atoms with Gasteiger partial charge >= 0.3 is 0 Å². The molecule has 0 aromatic heterocycles. The zero-order valence-corrected chi connectivity index (χ0v) is 12.8. The summed E-state index contributed by atoms with van der Waals surface area (Å²) in [5, 5.41) is 13.8. The van der Waals surface area contributed by atoms with Crippen LogP contribution < -0.4 is 10.1 Å². The lowest BCUT2D eigenvalue weighted by Crippen LogP contribution is -2.26. The minimum atomic E-state index is -0.237. The molecule has 0 fully saturated rings. The second kappa shape index (κ2) is 7.11. The fourth-order valence-electron chi connectivity index (χ4n) is 2.13. The number of ether oxygens (including phenoxy) is 1. The maximum absolute atomic E-state index is 9.73. The number of aliphatic hydroxyl groups excluding tert-OH is 1. The molecule has 3 nitrogen and oxygen atoms in total. The van der Waals surface area contributed by atoms with Crippen molar-refractivity contribution >= 4 is 17.7 Å². The standard InChI is InChI=1S/C16H22ClNO2/c1-11(2)15(19)5-6-18-9-12-7-13-8-14(17)3-4-16(13)20-10-12/h3-4,7-8,11,15,18-19H,5-6,9-10H2,1-2H3. The molecule has 4 heteroatoms. The van der Waals surface area contributed by atoms with E-state index in [2.05, 4.69) is 11.4 Å². The third-order valence-corrected chi connectivity index (χ3v) is 3.72. The molecule has 2 rings (SSSR count). The maximum atomic E-state index is 9.73. The molecular weight excluding hydrogens is 274 g/mol. The average molecular weight is 296 g/mol. The van der Waals surface area contributed by atoms with Gasteiger partial charge in [-0.1, -0.05) is 25.4 Å². The molecule has 0 spiro atoms. The summed E-state index contributed by atoms with van der Waals surface area (Å²) in [5.41, 5.74) is 2.22. The van der Waals surface area contributed by atoms with Crippen LogP contribution in [0.1, 0.15) is 25.8 Å². The molecule has 0 saturated carbocycles. The summed E-state index contributed by atoms with van der Waals surface area (Å²) < 4.78 is 5.69. The fraction of sp³-hybridized carbons (Fsp3) is 0.500. The molecular formula is C16H22ClNO2. The van der Waals surface area contributed by atoms with Crippen LogP contribution in [0.4, 0.5) is 0 Å². The quantitative estimate of drug-likeness (QED) is 0.792. The number of aliphatic hydroxyl groups is 1. The summed E-state index contributed by atoms with van der Waals surface area (Å²) in [7, 11) is 0. The van der Waals surface area contributed by atoms with Crippen molar-refractivity contribution in [3.8, 4) is 5.75 Å². The Hall–Kier alpha value is -1.03. The predicted molar refractivity (Wildman–Crippen MR) is 83.3 cm³/mol. The molecule has 2 N–H and O–H groups in total. The van der Waals surface area contributed by atoms with E-state index in [4.69, 9.17) is 16.3 Å². The van der Waals surface area contributed by atoms with Gasteiger partial charge in [0.25, 0.3) is 0 Å². The highest BCUT2D eigenvalue weighted by Gasteiger charge is 2.12. The minimum Gasteiger partial charge on any atom is -0.489 e. The molecule has 1 unspecified atom stereocenters. The Morgan fingerprint density at radius 3 is 2.95 bits per heavy atom. The van der Waals surface area contributed by atoms with Gasteiger partial charge < -0.3 is 15.2 Å². The van der Waals surface area contributed by atoms with Crippen molar-refractivity contribution in [1.29, 1.82) is 0 Å². The largest absolute Gasteiger partial charge is 0.489 e. The lowest BCUT2D eigenvalue weighted by Gasteiger charge is -2.19. The van der Waals surface area contributed by atoms with Gasteiger partial charge in [-0.05, 0) is 48.7 Å². The first-order valence-corrected chi connectivity index (χ1v) is 7.44. The average Bonchev–Trinajstić information content (AvgIpc) is 2.42. The van der Waals surface area contributed by atoms with E-state index >= 15 is 0 Å². The topological polar surface area (TPSA) is 41.5 Å². The molecule has 0 saturated heterocycles. The van der Waals surface area contributed by atoms with Gasteiger partial charge in [0, 0.05) is 17.1 Å². The van der Waals surface area contributed by atoms with Crippen LogP contribution in [0, 0.1) is 5.92 Å². The van der Waals surface area contributed by atoms with Gasteiger partial charge in [0.05, 0.1) is 6.10 Å². The van der Waals surface area contributed by atoms with E-state index in [0.717, 1.165) is 35.8 Å². The number of hydrogen-bond donors (Lipinski definition) is 2. The highest BCUT2D eigenvalue weighted by atomic mass is 35.5. The van der Waals surface area contributed by atoms with Crippen molar-refractivity contribution < 1.29 is 9.84 Å². The highest BCUT2D eigenvalue weighted by molar-refractivity contribution is 6.30. The summed E-state index contributed by atoms with van der Waals surface area (Å²) in [6.07, 6.45) is 2.66. The van der Waals surface area contributed by atoms with Gasteiger partial charge in [-0.3, -0.25) is 0 Å². The van der Waals surface area contributed by atoms with Crippen LogP contribution in [0.5, 0.6) is 5.75 Å². The highest BCUT2D eigenvalue weighted by Crippen LogP contribution is 2.28. The monoisotopic (exact) mass is 295 g/mol. The summed E-state index contributed by atoms with van der Waals surface area (Å²) >= 11 is 5.99. The second-order valence-electron chi connectivity index (χ2n) is 5.55. The zero-order chi connectivity index (χ0) is 14.5. The zero-order valence-electron chi connectivity index (χ0n) is 12.0. The first-order valence-electron chi connectivity index (χ1n) is 7.07. The Kier molecular flexibility index (Phi) is 5.46. The molecule has 1 aliphatic rings. The van der Waals surface area contributed by atoms with Crippen LogP contribution in [-0.2, 0) is 0 Å². The number of rotatable bonds is 6. The van der Waals surface area contributed by atoms with Gasteiger partial charge in [-0.2, -0.15) is 0 Å². The first kappa shape index (κ1) is 15.4. The molecule has 20 heavy (non-hydrogen) atoms. The smallest absolute Gasteiger partial charge is 0.127 e. The number of hydrogen-bond acceptors (Lipinski definition) is 3. The second-order valence-corrected chi connectivity index (χ2v) is 5.99. The summed E-state index contributed by atoms with van der Waals surface area (Å²) in [5.74, 6) is 1.19. The summed E-state index contributed by atoms with van der Waals surface area (Å²) in [4.78, 5) is 0. The molecule has 110 valence electrons.